The van der Waals surface area contributed by atoms with E-state index in [9.17, 15) is 9.59 Å². The number of aromatic nitrogens is 3. The summed E-state index contributed by atoms with van der Waals surface area (Å²) in [6.45, 7) is 0.406. The van der Waals surface area contributed by atoms with Crippen LogP contribution in [0.25, 0.3) is 10.8 Å². The van der Waals surface area contributed by atoms with Crippen LogP contribution in [0.2, 0.25) is 5.15 Å². The Morgan fingerprint density at radius 1 is 0.971 bits per heavy atom. The number of aldehydes is 1. The Kier molecular flexibility index (Phi) is 6.37. The Balaban J connectivity index is 1.65. The van der Waals surface area contributed by atoms with Gasteiger partial charge in [-0.3, -0.25) is 14.6 Å². The molecule has 0 aliphatic carbocycles. The number of fused-ring (bicyclic) bond motifs is 1. The average molecular weight is 482 g/mol. The van der Waals surface area contributed by atoms with Crippen LogP contribution in [0.5, 0.6) is 5.75 Å². The fraction of sp³-hybridized carbons (Fsp3) is 0.0714. The Morgan fingerprint density at radius 2 is 1.74 bits per heavy atom. The molecule has 5 aromatic rings. The molecular weight excluding hydrogens is 462 g/mol. The minimum absolute atomic E-state index is 0.204. The van der Waals surface area contributed by atoms with Gasteiger partial charge in [0.2, 0.25) is 5.78 Å². The third-order valence-electron chi connectivity index (χ3n) is 5.73. The van der Waals surface area contributed by atoms with Gasteiger partial charge in [0.15, 0.2) is 11.4 Å². The molecule has 0 saturated heterocycles. The van der Waals surface area contributed by atoms with Crippen molar-refractivity contribution in [3.63, 3.8) is 0 Å². The van der Waals surface area contributed by atoms with Crippen LogP contribution >= 0.6 is 11.6 Å². The highest BCUT2D eigenvalue weighted by atomic mass is 35.5. The fourth-order valence-corrected chi connectivity index (χ4v) is 4.39. The molecule has 0 bridgehead atoms. The smallest absolute Gasteiger partial charge is 0.242 e. The van der Waals surface area contributed by atoms with Crippen LogP contribution in [-0.4, -0.2) is 26.6 Å². The Morgan fingerprint density at radius 3 is 2.54 bits per heavy atom. The molecule has 0 saturated carbocycles. The van der Waals surface area contributed by atoms with Gasteiger partial charge in [-0.05, 0) is 23.3 Å². The number of carbonyl (C=O) groups excluding carboxylic acids is 2. The SMILES string of the molecule is O=CC(=O)c1c2ccccc2cn1C(c1cccc(OCc2ccccc2)c1)c1nccnc1Cl. The summed E-state index contributed by atoms with van der Waals surface area (Å²) in [7, 11) is 0. The molecule has 0 spiro atoms. The van der Waals surface area contributed by atoms with E-state index < -0.39 is 11.8 Å². The monoisotopic (exact) mass is 481 g/mol. The number of ether oxygens (including phenoxy) is 1. The predicted molar refractivity (Wildman–Crippen MR) is 134 cm³/mol. The van der Waals surface area contributed by atoms with Gasteiger partial charge in [0.05, 0.1) is 0 Å². The van der Waals surface area contributed by atoms with Crippen LogP contribution < -0.4 is 4.74 Å². The number of nitrogens with zero attached hydrogens (tertiary/aromatic N) is 3. The van der Waals surface area contributed by atoms with Crippen LogP contribution in [0.1, 0.15) is 33.4 Å². The van der Waals surface area contributed by atoms with E-state index in [1.54, 1.807) is 10.8 Å². The Hall–Kier alpha value is -4.29. The van der Waals surface area contributed by atoms with Gasteiger partial charge < -0.3 is 9.30 Å². The largest absolute Gasteiger partial charge is 0.489 e. The molecular formula is C28H20ClN3O3. The summed E-state index contributed by atoms with van der Waals surface area (Å²) >= 11 is 6.49. The number of halogens is 1. The molecule has 5 rings (SSSR count). The minimum atomic E-state index is -0.632. The summed E-state index contributed by atoms with van der Waals surface area (Å²) in [5, 5.41) is 1.70. The number of hydrogen-bond donors (Lipinski definition) is 0. The van der Waals surface area contributed by atoms with Crippen molar-refractivity contribution in [1.29, 1.82) is 0 Å². The van der Waals surface area contributed by atoms with Crippen molar-refractivity contribution in [2.75, 3.05) is 0 Å². The number of benzene rings is 3. The minimum Gasteiger partial charge on any atom is -0.489 e. The van der Waals surface area contributed by atoms with Crippen molar-refractivity contribution in [3.8, 4) is 5.75 Å². The standard InChI is InChI=1S/C28H20ClN3O3/c29-28-25(30-13-14-31-28)26(32-16-21-9-4-5-12-23(21)27(32)24(34)17-33)20-10-6-11-22(15-20)35-18-19-7-2-1-3-8-19/h1-17,26H,18H2. The molecule has 35 heavy (non-hydrogen) atoms. The highest BCUT2D eigenvalue weighted by molar-refractivity contribution is 6.36. The van der Waals surface area contributed by atoms with Gasteiger partial charge in [-0.15, -0.1) is 0 Å². The quantitative estimate of drug-likeness (QED) is 0.162. The molecule has 172 valence electrons. The number of ketones is 1. The van der Waals surface area contributed by atoms with E-state index in [4.69, 9.17) is 16.3 Å². The van der Waals surface area contributed by atoms with E-state index in [1.165, 1.54) is 6.20 Å². The first kappa shape index (κ1) is 22.5. The van der Waals surface area contributed by atoms with Gasteiger partial charge in [0.1, 0.15) is 29.8 Å². The molecule has 0 aliphatic rings. The zero-order valence-electron chi connectivity index (χ0n) is 18.5. The van der Waals surface area contributed by atoms with E-state index in [-0.39, 0.29) is 10.8 Å². The maximum Gasteiger partial charge on any atom is 0.242 e. The second kappa shape index (κ2) is 9.91. The number of Topliss-reactive ketones (excluding diaryl/α,β-unsaturated/α-hetero) is 1. The highest BCUT2D eigenvalue weighted by Crippen LogP contribution is 2.35. The third kappa shape index (κ3) is 4.56. The second-order valence-corrected chi connectivity index (χ2v) is 8.29. The summed E-state index contributed by atoms with van der Waals surface area (Å²) in [5.74, 6) is 0.0176. The van der Waals surface area contributed by atoms with E-state index in [0.717, 1.165) is 16.5 Å². The lowest BCUT2D eigenvalue weighted by atomic mass is 10.0. The predicted octanol–water partition coefficient (Wildman–Crippen LogP) is 5.68. The molecule has 3 aromatic carbocycles. The van der Waals surface area contributed by atoms with E-state index in [1.807, 2.05) is 85.1 Å². The maximum atomic E-state index is 12.8. The summed E-state index contributed by atoms with van der Waals surface area (Å²) < 4.78 is 7.78. The lowest BCUT2D eigenvalue weighted by molar-refractivity contribution is -0.104. The lowest BCUT2D eigenvalue weighted by Gasteiger charge is -2.22. The third-order valence-corrected chi connectivity index (χ3v) is 6.02. The second-order valence-electron chi connectivity index (χ2n) is 7.94. The van der Waals surface area contributed by atoms with E-state index in [2.05, 4.69) is 9.97 Å². The van der Waals surface area contributed by atoms with Gasteiger partial charge in [0, 0.05) is 29.4 Å². The van der Waals surface area contributed by atoms with Crippen LogP contribution in [0.3, 0.4) is 0 Å². The number of hydrogen-bond acceptors (Lipinski definition) is 5. The first-order valence-corrected chi connectivity index (χ1v) is 11.4. The van der Waals surface area contributed by atoms with Gasteiger partial charge in [-0.25, -0.2) is 4.98 Å². The number of rotatable bonds is 8. The van der Waals surface area contributed by atoms with Crippen molar-refractivity contribution in [3.05, 3.63) is 125 Å². The molecule has 2 aromatic heterocycles. The molecule has 0 aliphatic heterocycles. The molecule has 6 nitrogen and oxygen atoms in total. The molecule has 0 radical (unpaired) electrons. The molecule has 0 fully saturated rings. The summed E-state index contributed by atoms with van der Waals surface area (Å²) in [4.78, 5) is 33.1. The highest BCUT2D eigenvalue weighted by Gasteiger charge is 2.27. The van der Waals surface area contributed by atoms with Gasteiger partial charge in [-0.2, -0.15) is 0 Å². The topological polar surface area (TPSA) is 74.1 Å². The average Bonchev–Trinajstić information content (AvgIpc) is 3.28. The lowest BCUT2D eigenvalue weighted by Crippen LogP contribution is -2.19. The van der Waals surface area contributed by atoms with Crippen molar-refractivity contribution < 1.29 is 14.3 Å². The molecule has 1 unspecified atom stereocenters. The number of carbonyl (C=O) groups is 2. The van der Waals surface area contributed by atoms with Crippen molar-refractivity contribution >= 4 is 34.4 Å². The molecule has 1 atom stereocenters. The summed E-state index contributed by atoms with van der Waals surface area (Å²) in [5.41, 5.74) is 2.53. The zero-order valence-corrected chi connectivity index (χ0v) is 19.3. The van der Waals surface area contributed by atoms with E-state index >= 15 is 0 Å². The van der Waals surface area contributed by atoms with Gasteiger partial charge in [0.25, 0.3) is 0 Å². The normalized spacial score (nSPS) is 11.8. The van der Waals surface area contributed by atoms with Crippen LogP contribution in [0.15, 0.2) is 97.5 Å². The van der Waals surface area contributed by atoms with Gasteiger partial charge >= 0.3 is 0 Å². The summed E-state index contributed by atoms with van der Waals surface area (Å²) in [6, 6.07) is 24.2. The fourth-order valence-electron chi connectivity index (χ4n) is 4.18. The zero-order chi connectivity index (χ0) is 24.2. The molecule has 2 heterocycles. The van der Waals surface area contributed by atoms with Gasteiger partial charge in [-0.1, -0.05) is 78.3 Å². The maximum absolute atomic E-state index is 12.8. The molecule has 7 heteroatoms. The van der Waals surface area contributed by atoms with Crippen LogP contribution in [-0.2, 0) is 11.4 Å². The molecule has 0 amide bonds. The van der Waals surface area contributed by atoms with Crippen LogP contribution in [0, 0.1) is 0 Å². The van der Waals surface area contributed by atoms with Crippen molar-refractivity contribution in [2.24, 2.45) is 0 Å². The van der Waals surface area contributed by atoms with E-state index in [0.29, 0.717) is 29.7 Å². The first-order chi connectivity index (χ1) is 17.2. The van der Waals surface area contributed by atoms with Crippen LogP contribution in [0.4, 0.5) is 0 Å². The Bertz CT molecular complexity index is 1510. The molecule has 0 N–H and O–H groups in total. The summed E-state index contributed by atoms with van der Waals surface area (Å²) in [6.07, 6.45) is 5.21. The van der Waals surface area contributed by atoms with Crippen molar-refractivity contribution in [1.82, 2.24) is 14.5 Å². The Labute approximate surface area is 206 Å². The van der Waals surface area contributed by atoms with Crippen molar-refractivity contribution in [2.45, 2.75) is 12.6 Å². The first-order valence-electron chi connectivity index (χ1n) is 11.0.